The first-order chi connectivity index (χ1) is 7.61. The molecule has 0 spiro atoms. The van der Waals surface area contributed by atoms with Crippen molar-refractivity contribution >= 4 is 23.3 Å². The number of carbonyl (C=O) groups is 2. The van der Waals surface area contributed by atoms with Gasteiger partial charge in [0.2, 0.25) is 0 Å². The molecular formula is C11H14O4S. The maximum Gasteiger partial charge on any atom is 0.340 e. The second-order valence-electron chi connectivity index (χ2n) is 3.02. The molecule has 0 fully saturated rings. The largest absolute Gasteiger partial charge is 0.462 e. The summed E-state index contributed by atoms with van der Waals surface area (Å²) in [6.07, 6.45) is 0. The summed E-state index contributed by atoms with van der Waals surface area (Å²) in [5.74, 6) is -0.945. The zero-order valence-corrected chi connectivity index (χ0v) is 10.3. The van der Waals surface area contributed by atoms with Crippen LogP contribution in [0.2, 0.25) is 0 Å². The molecule has 0 aliphatic carbocycles. The number of aryl methyl sites for hydroxylation is 1. The maximum atomic E-state index is 11.6. The molecule has 1 rings (SSSR count). The monoisotopic (exact) mass is 242 g/mol. The quantitative estimate of drug-likeness (QED) is 0.761. The lowest BCUT2D eigenvalue weighted by molar-refractivity contribution is 0.0479. The normalized spacial score (nSPS) is 9.94. The molecule has 0 saturated carbocycles. The minimum absolute atomic E-state index is 0.288. The van der Waals surface area contributed by atoms with Crippen molar-refractivity contribution in [3.8, 4) is 0 Å². The van der Waals surface area contributed by atoms with Gasteiger partial charge in [-0.2, -0.15) is 0 Å². The highest BCUT2D eigenvalue weighted by Gasteiger charge is 2.23. The summed E-state index contributed by atoms with van der Waals surface area (Å²) in [6.45, 7) is 5.80. The van der Waals surface area contributed by atoms with Crippen molar-refractivity contribution in [3.05, 3.63) is 21.4 Å². The summed E-state index contributed by atoms with van der Waals surface area (Å²) >= 11 is 1.34. The molecule has 0 aliphatic rings. The van der Waals surface area contributed by atoms with Crippen molar-refractivity contribution in [2.24, 2.45) is 0 Å². The maximum absolute atomic E-state index is 11.6. The molecule has 0 radical (unpaired) electrons. The second kappa shape index (κ2) is 5.65. The number of thiophene rings is 1. The van der Waals surface area contributed by atoms with Crippen molar-refractivity contribution < 1.29 is 19.1 Å². The van der Waals surface area contributed by atoms with Gasteiger partial charge < -0.3 is 9.47 Å². The van der Waals surface area contributed by atoms with E-state index in [1.165, 1.54) is 11.3 Å². The summed E-state index contributed by atoms with van der Waals surface area (Å²) in [7, 11) is 0. The third-order valence-corrected chi connectivity index (χ3v) is 2.86. The van der Waals surface area contributed by atoms with Gasteiger partial charge in [-0.1, -0.05) is 0 Å². The summed E-state index contributed by atoms with van der Waals surface area (Å²) < 4.78 is 9.77. The van der Waals surface area contributed by atoms with Gasteiger partial charge in [-0.25, -0.2) is 9.59 Å². The number of ether oxygens (including phenoxy) is 2. The summed E-state index contributed by atoms with van der Waals surface area (Å²) in [5.41, 5.74) is 0.619. The van der Waals surface area contributed by atoms with Crippen LogP contribution >= 0.6 is 11.3 Å². The lowest BCUT2D eigenvalue weighted by Crippen LogP contribution is -2.12. The first-order valence-electron chi connectivity index (χ1n) is 5.04. The fourth-order valence-corrected chi connectivity index (χ4v) is 2.09. The number of rotatable bonds is 4. The van der Waals surface area contributed by atoms with Crippen LogP contribution in [0.5, 0.6) is 0 Å². The van der Waals surface area contributed by atoms with E-state index in [0.29, 0.717) is 11.1 Å². The molecule has 0 amide bonds. The van der Waals surface area contributed by atoms with Crippen LogP contribution in [0, 0.1) is 6.92 Å². The van der Waals surface area contributed by atoms with Crippen LogP contribution in [0.15, 0.2) is 5.38 Å². The fourth-order valence-electron chi connectivity index (χ4n) is 1.27. The van der Waals surface area contributed by atoms with E-state index >= 15 is 0 Å². The average Bonchev–Trinajstić information content (AvgIpc) is 2.61. The van der Waals surface area contributed by atoms with Crippen LogP contribution in [0.3, 0.4) is 0 Å². The molecule has 1 aromatic rings. The molecule has 1 heterocycles. The van der Waals surface area contributed by atoms with Gasteiger partial charge in [0, 0.05) is 10.3 Å². The van der Waals surface area contributed by atoms with E-state index in [2.05, 4.69) is 0 Å². The molecule has 0 saturated heterocycles. The fraction of sp³-hybridized carbons (Fsp3) is 0.455. The molecule has 0 atom stereocenters. The Balaban J connectivity index is 3.02. The van der Waals surface area contributed by atoms with Gasteiger partial charge in [-0.15, -0.1) is 11.3 Å². The topological polar surface area (TPSA) is 52.6 Å². The Hall–Kier alpha value is -1.36. The summed E-state index contributed by atoms with van der Waals surface area (Å²) in [6, 6.07) is 0. The Kier molecular flexibility index (Phi) is 4.49. The van der Waals surface area contributed by atoms with Gasteiger partial charge in [0.1, 0.15) is 0 Å². The SMILES string of the molecule is CCOC(=O)c1csc(C)c1C(=O)OCC. The predicted octanol–water partition coefficient (Wildman–Crippen LogP) is 2.41. The third-order valence-electron chi connectivity index (χ3n) is 1.95. The van der Waals surface area contributed by atoms with Crippen molar-refractivity contribution in [1.29, 1.82) is 0 Å². The Bertz CT molecular complexity index is 395. The molecule has 16 heavy (non-hydrogen) atoms. The summed E-state index contributed by atoms with van der Waals surface area (Å²) in [5, 5.41) is 1.62. The molecule has 1 aromatic heterocycles. The van der Waals surface area contributed by atoms with Crippen LogP contribution in [-0.2, 0) is 9.47 Å². The molecule has 5 heteroatoms. The van der Waals surface area contributed by atoms with Crippen molar-refractivity contribution in [2.75, 3.05) is 13.2 Å². The van der Waals surface area contributed by atoms with E-state index < -0.39 is 11.9 Å². The number of hydrogen-bond acceptors (Lipinski definition) is 5. The molecule has 4 nitrogen and oxygen atoms in total. The zero-order valence-electron chi connectivity index (χ0n) is 9.53. The molecule has 0 unspecified atom stereocenters. The van der Waals surface area contributed by atoms with E-state index in [0.717, 1.165) is 4.88 Å². The molecule has 0 aromatic carbocycles. The third kappa shape index (κ3) is 2.61. The van der Waals surface area contributed by atoms with Crippen molar-refractivity contribution in [1.82, 2.24) is 0 Å². The van der Waals surface area contributed by atoms with Gasteiger partial charge in [0.15, 0.2) is 0 Å². The standard InChI is InChI=1S/C11H14O4S/c1-4-14-10(12)8-6-16-7(3)9(8)11(13)15-5-2/h6H,4-5H2,1-3H3. The Labute approximate surface area is 98.2 Å². The highest BCUT2D eigenvalue weighted by molar-refractivity contribution is 7.10. The smallest absolute Gasteiger partial charge is 0.340 e. The van der Waals surface area contributed by atoms with Crippen molar-refractivity contribution in [2.45, 2.75) is 20.8 Å². The minimum Gasteiger partial charge on any atom is -0.462 e. The van der Waals surface area contributed by atoms with Crippen LogP contribution in [0.4, 0.5) is 0 Å². The Morgan fingerprint density at radius 2 is 1.75 bits per heavy atom. The van der Waals surface area contributed by atoms with Crippen molar-refractivity contribution in [3.63, 3.8) is 0 Å². The molecule has 88 valence electrons. The van der Waals surface area contributed by atoms with E-state index in [-0.39, 0.29) is 13.2 Å². The number of esters is 2. The van der Waals surface area contributed by atoms with E-state index in [1.54, 1.807) is 26.2 Å². The predicted molar refractivity (Wildman–Crippen MR) is 61.0 cm³/mol. The molecule has 0 N–H and O–H groups in total. The van der Waals surface area contributed by atoms with Crippen LogP contribution in [-0.4, -0.2) is 25.2 Å². The minimum atomic E-state index is -0.477. The van der Waals surface area contributed by atoms with E-state index in [1.807, 2.05) is 0 Å². The van der Waals surface area contributed by atoms with Gasteiger partial charge in [-0.3, -0.25) is 0 Å². The van der Waals surface area contributed by atoms with Gasteiger partial charge >= 0.3 is 11.9 Å². The lowest BCUT2D eigenvalue weighted by atomic mass is 10.1. The highest BCUT2D eigenvalue weighted by Crippen LogP contribution is 2.23. The average molecular weight is 242 g/mol. The second-order valence-corrected chi connectivity index (χ2v) is 4.11. The summed E-state index contributed by atoms with van der Waals surface area (Å²) in [4.78, 5) is 24.0. The highest BCUT2D eigenvalue weighted by atomic mass is 32.1. The van der Waals surface area contributed by atoms with E-state index in [4.69, 9.17) is 9.47 Å². The van der Waals surface area contributed by atoms with Gasteiger partial charge in [-0.05, 0) is 20.8 Å². The first-order valence-corrected chi connectivity index (χ1v) is 5.92. The van der Waals surface area contributed by atoms with Crippen LogP contribution < -0.4 is 0 Å². The molecular weight excluding hydrogens is 228 g/mol. The van der Waals surface area contributed by atoms with Crippen LogP contribution in [0.25, 0.3) is 0 Å². The molecule has 0 bridgehead atoms. The number of hydrogen-bond donors (Lipinski definition) is 0. The first kappa shape index (κ1) is 12.7. The van der Waals surface area contributed by atoms with E-state index in [9.17, 15) is 9.59 Å². The van der Waals surface area contributed by atoms with Gasteiger partial charge in [0.05, 0.1) is 24.3 Å². The molecule has 0 aliphatic heterocycles. The Morgan fingerprint density at radius 1 is 1.19 bits per heavy atom. The van der Waals surface area contributed by atoms with Gasteiger partial charge in [0.25, 0.3) is 0 Å². The van der Waals surface area contributed by atoms with Crippen LogP contribution in [0.1, 0.15) is 39.4 Å². The number of carbonyl (C=O) groups excluding carboxylic acids is 2. The lowest BCUT2D eigenvalue weighted by Gasteiger charge is -2.04. The Morgan fingerprint density at radius 3 is 2.31 bits per heavy atom. The zero-order chi connectivity index (χ0) is 12.1.